The van der Waals surface area contributed by atoms with Gasteiger partial charge in [0.1, 0.15) is 0 Å². The topological polar surface area (TPSA) is 15.3 Å². The molecule has 4 heteroatoms. The maximum Gasteiger partial charge on any atom is 0.0478 e. The Labute approximate surface area is 62.4 Å². The highest BCUT2D eigenvalue weighted by Gasteiger charge is 2.01. The van der Waals surface area contributed by atoms with Gasteiger partial charge in [-0.15, -0.1) is 24.8 Å². The van der Waals surface area contributed by atoms with Crippen molar-refractivity contribution in [1.29, 1.82) is 0 Å². The van der Waals surface area contributed by atoms with Gasteiger partial charge in [-0.3, -0.25) is 4.90 Å². The number of rotatable bonds is 0. The third kappa shape index (κ3) is 3.50. The highest BCUT2D eigenvalue weighted by atomic mass is 35.5. The fourth-order valence-corrected chi connectivity index (χ4v) is 0.619. The lowest BCUT2D eigenvalue weighted by atomic mass is 10.7. The summed E-state index contributed by atoms with van der Waals surface area (Å²) in [7, 11) is 2.11. The third-order valence-electron chi connectivity index (χ3n) is 1.05. The van der Waals surface area contributed by atoms with Gasteiger partial charge in [0.2, 0.25) is 0 Å². The van der Waals surface area contributed by atoms with Crippen LogP contribution in [0.3, 0.4) is 0 Å². The monoisotopic (exact) mass is 158 g/mol. The van der Waals surface area contributed by atoms with Gasteiger partial charge in [0.15, 0.2) is 0 Å². The molecule has 1 aliphatic heterocycles. The smallest absolute Gasteiger partial charge is 0.0478 e. The molecule has 0 unspecified atom stereocenters. The average Bonchev–Trinajstić information content (AvgIpc) is 1.86. The summed E-state index contributed by atoms with van der Waals surface area (Å²) in [5.74, 6) is 0. The molecular formula is C4H12Cl2N2. The zero-order valence-corrected chi connectivity index (χ0v) is 6.52. The summed E-state index contributed by atoms with van der Waals surface area (Å²) < 4.78 is 0. The van der Waals surface area contributed by atoms with Crippen LogP contribution in [0.1, 0.15) is 0 Å². The third-order valence-corrected chi connectivity index (χ3v) is 1.05. The van der Waals surface area contributed by atoms with Crippen LogP contribution in [0.25, 0.3) is 0 Å². The summed E-state index contributed by atoms with van der Waals surface area (Å²) in [5, 5.41) is 3.20. The van der Waals surface area contributed by atoms with Gasteiger partial charge < -0.3 is 5.32 Å². The molecule has 0 aromatic rings. The molecule has 1 aliphatic rings. The molecular weight excluding hydrogens is 147 g/mol. The van der Waals surface area contributed by atoms with E-state index in [2.05, 4.69) is 17.3 Å². The molecule has 0 aromatic carbocycles. The summed E-state index contributed by atoms with van der Waals surface area (Å²) in [6, 6.07) is 0. The van der Waals surface area contributed by atoms with Crippen molar-refractivity contribution in [3.8, 4) is 0 Å². The lowest BCUT2D eigenvalue weighted by Crippen LogP contribution is -2.15. The van der Waals surface area contributed by atoms with Crippen LogP contribution in [-0.2, 0) is 0 Å². The van der Waals surface area contributed by atoms with E-state index in [-0.39, 0.29) is 24.8 Å². The Bertz CT molecular complexity index is 45.3. The summed E-state index contributed by atoms with van der Waals surface area (Å²) in [5.41, 5.74) is 0. The zero-order valence-electron chi connectivity index (χ0n) is 4.89. The molecule has 1 rings (SSSR count). The van der Waals surface area contributed by atoms with Crippen LogP contribution in [0.15, 0.2) is 0 Å². The molecule has 2 nitrogen and oxygen atoms in total. The minimum atomic E-state index is 0. The van der Waals surface area contributed by atoms with Crippen LogP contribution < -0.4 is 5.32 Å². The van der Waals surface area contributed by atoms with Crippen LogP contribution >= 0.6 is 24.8 Å². The average molecular weight is 159 g/mol. The molecule has 0 aromatic heterocycles. The van der Waals surface area contributed by atoms with Crippen LogP contribution in [0, 0.1) is 0 Å². The summed E-state index contributed by atoms with van der Waals surface area (Å²) >= 11 is 0. The highest BCUT2D eigenvalue weighted by Crippen LogP contribution is 1.82. The standard InChI is InChI=1S/C4H10N2.2ClH/c1-6-3-2-5-4-6;;/h5H,2-4H2,1H3;2*1H. The molecule has 0 radical (unpaired) electrons. The first kappa shape index (κ1) is 11.3. The van der Waals surface area contributed by atoms with Crippen LogP contribution in [0.5, 0.6) is 0 Å². The first-order valence-electron chi connectivity index (χ1n) is 2.29. The zero-order chi connectivity index (χ0) is 4.41. The van der Waals surface area contributed by atoms with Crippen molar-refractivity contribution >= 4 is 24.8 Å². The molecule has 0 saturated carbocycles. The Morgan fingerprint density at radius 1 is 1.38 bits per heavy atom. The molecule has 1 N–H and O–H groups in total. The van der Waals surface area contributed by atoms with Crippen LogP contribution in [0.4, 0.5) is 0 Å². The van der Waals surface area contributed by atoms with E-state index in [0.29, 0.717) is 0 Å². The Kier molecular flexibility index (Phi) is 7.97. The number of likely N-dealkylation sites (N-methyl/N-ethyl adjacent to an activating group) is 1. The van der Waals surface area contributed by atoms with Crippen molar-refractivity contribution in [3.63, 3.8) is 0 Å². The second-order valence-electron chi connectivity index (χ2n) is 1.74. The van der Waals surface area contributed by atoms with Gasteiger partial charge in [0.05, 0.1) is 0 Å². The van der Waals surface area contributed by atoms with Crippen molar-refractivity contribution in [3.05, 3.63) is 0 Å². The van der Waals surface area contributed by atoms with Crippen molar-refractivity contribution in [1.82, 2.24) is 10.2 Å². The van der Waals surface area contributed by atoms with Crippen molar-refractivity contribution in [2.45, 2.75) is 0 Å². The molecule has 0 bridgehead atoms. The predicted molar refractivity (Wildman–Crippen MR) is 40.0 cm³/mol. The molecule has 52 valence electrons. The maximum absolute atomic E-state index is 3.20. The second-order valence-corrected chi connectivity index (χ2v) is 1.74. The summed E-state index contributed by atoms with van der Waals surface area (Å²) in [6.45, 7) is 3.44. The van der Waals surface area contributed by atoms with Gasteiger partial charge in [-0.1, -0.05) is 0 Å². The van der Waals surface area contributed by atoms with Gasteiger partial charge in [-0.05, 0) is 7.05 Å². The van der Waals surface area contributed by atoms with Crippen molar-refractivity contribution in [2.75, 3.05) is 26.8 Å². The Morgan fingerprint density at radius 2 is 2.00 bits per heavy atom. The molecule has 0 atom stereocenters. The lowest BCUT2D eigenvalue weighted by molar-refractivity contribution is 0.412. The minimum Gasteiger partial charge on any atom is -0.303 e. The Morgan fingerprint density at radius 3 is 2.12 bits per heavy atom. The molecule has 0 spiro atoms. The molecule has 0 amide bonds. The number of halogens is 2. The van der Waals surface area contributed by atoms with Crippen molar-refractivity contribution in [2.24, 2.45) is 0 Å². The highest BCUT2D eigenvalue weighted by molar-refractivity contribution is 5.85. The normalized spacial score (nSPS) is 19.1. The lowest BCUT2D eigenvalue weighted by Gasteiger charge is -1.99. The number of nitrogens with one attached hydrogen (secondary N) is 1. The summed E-state index contributed by atoms with van der Waals surface area (Å²) in [6.07, 6.45) is 0. The van der Waals surface area contributed by atoms with Crippen LogP contribution in [0.2, 0.25) is 0 Å². The fraction of sp³-hybridized carbons (Fsp3) is 1.00. The largest absolute Gasteiger partial charge is 0.303 e. The van der Waals surface area contributed by atoms with Gasteiger partial charge in [0, 0.05) is 19.8 Å². The number of hydrogen-bond donors (Lipinski definition) is 1. The van der Waals surface area contributed by atoms with E-state index in [1.807, 2.05) is 0 Å². The van der Waals surface area contributed by atoms with E-state index in [1.165, 1.54) is 6.54 Å². The molecule has 1 heterocycles. The number of hydrogen-bond acceptors (Lipinski definition) is 2. The minimum absolute atomic E-state index is 0. The van der Waals surface area contributed by atoms with E-state index in [0.717, 1.165) is 13.2 Å². The van der Waals surface area contributed by atoms with Gasteiger partial charge in [-0.2, -0.15) is 0 Å². The molecule has 8 heavy (non-hydrogen) atoms. The van der Waals surface area contributed by atoms with E-state index in [4.69, 9.17) is 0 Å². The van der Waals surface area contributed by atoms with E-state index in [9.17, 15) is 0 Å². The van der Waals surface area contributed by atoms with Gasteiger partial charge in [0.25, 0.3) is 0 Å². The molecule has 1 saturated heterocycles. The van der Waals surface area contributed by atoms with Crippen LogP contribution in [-0.4, -0.2) is 31.7 Å². The van der Waals surface area contributed by atoms with Crippen molar-refractivity contribution < 1.29 is 0 Å². The van der Waals surface area contributed by atoms with E-state index in [1.54, 1.807) is 0 Å². The SMILES string of the molecule is CN1CCNC1.Cl.Cl. The summed E-state index contributed by atoms with van der Waals surface area (Å²) in [4.78, 5) is 2.25. The molecule has 0 aliphatic carbocycles. The van der Waals surface area contributed by atoms with Gasteiger partial charge >= 0.3 is 0 Å². The quantitative estimate of drug-likeness (QED) is 0.547. The predicted octanol–water partition coefficient (Wildman–Crippen LogP) is 0.322. The first-order valence-corrected chi connectivity index (χ1v) is 2.29. The maximum atomic E-state index is 3.20. The van der Waals surface area contributed by atoms with Gasteiger partial charge in [-0.25, -0.2) is 0 Å². The molecule has 1 fully saturated rings. The second kappa shape index (κ2) is 5.63. The van der Waals surface area contributed by atoms with E-state index >= 15 is 0 Å². The number of nitrogens with zero attached hydrogens (tertiary/aromatic N) is 1. The first-order chi connectivity index (χ1) is 2.89. The fourth-order valence-electron chi connectivity index (χ4n) is 0.619. The Hall–Kier alpha value is 0.500. The Balaban J connectivity index is 0. The van der Waals surface area contributed by atoms with E-state index < -0.39 is 0 Å².